The minimum absolute atomic E-state index is 0.641. The zero-order valence-electron chi connectivity index (χ0n) is 20.3. The minimum atomic E-state index is -4.33. The molecule has 0 spiro atoms. The molecule has 0 aliphatic rings. The Bertz CT molecular complexity index is 1700. The van der Waals surface area contributed by atoms with Crippen LogP contribution in [0.3, 0.4) is 0 Å². The molecule has 0 aliphatic heterocycles. The quantitative estimate of drug-likeness (QED) is 0.234. The topological polar surface area (TPSA) is 12.9 Å². The van der Waals surface area contributed by atoms with E-state index < -0.39 is 11.7 Å². The van der Waals surface area contributed by atoms with Gasteiger partial charge in [0.15, 0.2) is 0 Å². The first-order chi connectivity index (χ1) is 18.4. The molecule has 0 aliphatic carbocycles. The second-order valence-electron chi connectivity index (χ2n) is 9.24. The fourth-order valence-corrected chi connectivity index (χ4v) is 4.71. The monoisotopic (exact) mass is 501 g/mol. The van der Waals surface area contributed by atoms with Gasteiger partial charge < -0.3 is 0 Å². The molecule has 6 rings (SSSR count). The van der Waals surface area contributed by atoms with Crippen LogP contribution in [-0.4, -0.2) is 4.98 Å². The zero-order chi connectivity index (χ0) is 26.1. The molecule has 0 fully saturated rings. The number of rotatable bonds is 4. The maximum absolute atomic E-state index is 12.9. The van der Waals surface area contributed by atoms with Gasteiger partial charge in [-0.1, -0.05) is 84.9 Å². The number of nitrogens with zero attached hydrogens (tertiary/aromatic N) is 1. The summed E-state index contributed by atoms with van der Waals surface area (Å²) in [5.41, 5.74) is 7.71. The van der Waals surface area contributed by atoms with E-state index in [0.717, 1.165) is 67.4 Å². The van der Waals surface area contributed by atoms with Crippen molar-refractivity contribution in [3.8, 4) is 44.5 Å². The standard InChI is InChI=1S/C34H22F3N/c35-34(36,37)33-15-13-25(14-16-33)23-1-5-26(6-2-23)30-11-9-28-10-12-31(22-32(28)21-30)27-7-3-24(4-8-27)29-17-19-38-20-18-29/h1-22H. The van der Waals surface area contributed by atoms with Crippen LogP contribution in [0.5, 0.6) is 0 Å². The van der Waals surface area contributed by atoms with Crippen LogP contribution in [0.4, 0.5) is 13.2 Å². The van der Waals surface area contributed by atoms with Crippen molar-refractivity contribution in [2.75, 3.05) is 0 Å². The zero-order valence-corrected chi connectivity index (χ0v) is 20.3. The van der Waals surface area contributed by atoms with Crippen LogP contribution in [0, 0.1) is 0 Å². The Labute approximate surface area is 218 Å². The molecular formula is C34H22F3N. The van der Waals surface area contributed by atoms with Crippen LogP contribution < -0.4 is 0 Å². The summed E-state index contributed by atoms with van der Waals surface area (Å²) < 4.78 is 38.6. The lowest BCUT2D eigenvalue weighted by Crippen LogP contribution is -2.03. The van der Waals surface area contributed by atoms with Gasteiger partial charge in [-0.15, -0.1) is 0 Å². The highest BCUT2D eigenvalue weighted by atomic mass is 19.4. The molecule has 184 valence electrons. The van der Waals surface area contributed by atoms with Crippen LogP contribution >= 0.6 is 0 Å². The molecule has 0 saturated carbocycles. The molecule has 5 aromatic carbocycles. The summed E-state index contributed by atoms with van der Waals surface area (Å²) in [7, 11) is 0. The van der Waals surface area contributed by atoms with Gasteiger partial charge in [0.25, 0.3) is 0 Å². The molecule has 0 amide bonds. The minimum Gasteiger partial charge on any atom is -0.265 e. The van der Waals surface area contributed by atoms with E-state index >= 15 is 0 Å². The lowest BCUT2D eigenvalue weighted by molar-refractivity contribution is -0.137. The summed E-state index contributed by atoms with van der Waals surface area (Å²) >= 11 is 0. The first-order valence-electron chi connectivity index (χ1n) is 12.3. The van der Waals surface area contributed by atoms with E-state index in [1.165, 1.54) is 12.1 Å². The van der Waals surface area contributed by atoms with Gasteiger partial charge in [0, 0.05) is 12.4 Å². The van der Waals surface area contributed by atoms with Gasteiger partial charge in [-0.05, 0) is 91.7 Å². The Kier molecular flexibility index (Phi) is 6.01. The van der Waals surface area contributed by atoms with Crippen molar-refractivity contribution in [3.05, 3.63) is 139 Å². The fourth-order valence-electron chi connectivity index (χ4n) is 4.71. The molecule has 6 aromatic rings. The molecule has 1 heterocycles. The summed E-state index contributed by atoms with van der Waals surface area (Å²) in [5, 5.41) is 2.30. The molecule has 0 saturated heterocycles. The predicted octanol–water partition coefficient (Wildman–Crippen LogP) is 9.92. The number of aromatic nitrogens is 1. The first-order valence-corrected chi connectivity index (χ1v) is 12.3. The third-order valence-corrected chi connectivity index (χ3v) is 6.84. The Morgan fingerprint density at radius 1 is 0.368 bits per heavy atom. The van der Waals surface area contributed by atoms with Crippen molar-refractivity contribution in [1.82, 2.24) is 4.98 Å². The van der Waals surface area contributed by atoms with Crippen molar-refractivity contribution in [3.63, 3.8) is 0 Å². The second kappa shape index (κ2) is 9.64. The molecule has 4 heteroatoms. The van der Waals surface area contributed by atoms with Crippen molar-refractivity contribution >= 4 is 10.8 Å². The number of alkyl halides is 3. The molecular weight excluding hydrogens is 479 g/mol. The number of halogens is 3. The summed E-state index contributed by atoms with van der Waals surface area (Å²) in [6.07, 6.45) is -0.735. The average molecular weight is 502 g/mol. The smallest absolute Gasteiger partial charge is 0.265 e. The summed E-state index contributed by atoms with van der Waals surface area (Å²) in [5.74, 6) is 0. The SMILES string of the molecule is FC(F)(F)c1ccc(-c2ccc(-c3ccc4ccc(-c5ccc(-c6ccncc6)cc5)cc4c3)cc2)cc1. The molecule has 1 nitrogen and oxygen atoms in total. The van der Waals surface area contributed by atoms with E-state index in [1.807, 2.05) is 36.4 Å². The summed E-state index contributed by atoms with van der Waals surface area (Å²) in [6, 6.07) is 38.6. The van der Waals surface area contributed by atoms with Crippen LogP contribution in [0.2, 0.25) is 0 Å². The number of hydrogen-bond acceptors (Lipinski definition) is 1. The highest BCUT2D eigenvalue weighted by molar-refractivity contribution is 5.91. The Morgan fingerprint density at radius 2 is 0.711 bits per heavy atom. The molecule has 0 bridgehead atoms. The van der Waals surface area contributed by atoms with Gasteiger partial charge in [0.2, 0.25) is 0 Å². The van der Waals surface area contributed by atoms with Crippen molar-refractivity contribution in [2.24, 2.45) is 0 Å². The van der Waals surface area contributed by atoms with Crippen molar-refractivity contribution < 1.29 is 13.2 Å². The summed E-state index contributed by atoms with van der Waals surface area (Å²) in [4.78, 5) is 4.09. The van der Waals surface area contributed by atoms with E-state index in [0.29, 0.717) is 0 Å². The molecule has 0 atom stereocenters. The average Bonchev–Trinajstić information content (AvgIpc) is 2.97. The van der Waals surface area contributed by atoms with Crippen LogP contribution in [0.1, 0.15) is 5.56 Å². The van der Waals surface area contributed by atoms with Crippen LogP contribution in [-0.2, 0) is 6.18 Å². The van der Waals surface area contributed by atoms with Crippen molar-refractivity contribution in [2.45, 2.75) is 6.18 Å². The molecule has 1 aromatic heterocycles. The molecule has 0 unspecified atom stereocenters. The normalized spacial score (nSPS) is 11.6. The van der Waals surface area contributed by atoms with Crippen LogP contribution in [0.25, 0.3) is 55.3 Å². The van der Waals surface area contributed by atoms with Gasteiger partial charge in [-0.25, -0.2) is 0 Å². The van der Waals surface area contributed by atoms with Gasteiger partial charge in [0.1, 0.15) is 0 Å². The second-order valence-corrected chi connectivity index (χ2v) is 9.24. The number of fused-ring (bicyclic) bond motifs is 1. The maximum atomic E-state index is 12.9. The highest BCUT2D eigenvalue weighted by Crippen LogP contribution is 2.33. The Hall–Kier alpha value is -4.70. The van der Waals surface area contributed by atoms with Crippen LogP contribution in [0.15, 0.2) is 134 Å². The molecule has 38 heavy (non-hydrogen) atoms. The fraction of sp³-hybridized carbons (Fsp3) is 0.0294. The van der Waals surface area contributed by atoms with E-state index in [2.05, 4.69) is 65.6 Å². The Morgan fingerprint density at radius 3 is 1.13 bits per heavy atom. The highest BCUT2D eigenvalue weighted by Gasteiger charge is 2.29. The van der Waals surface area contributed by atoms with Gasteiger partial charge >= 0.3 is 6.18 Å². The first kappa shape index (κ1) is 23.7. The van der Waals surface area contributed by atoms with E-state index in [-0.39, 0.29) is 0 Å². The van der Waals surface area contributed by atoms with Gasteiger partial charge in [-0.3, -0.25) is 4.98 Å². The third kappa shape index (κ3) is 4.81. The maximum Gasteiger partial charge on any atom is 0.416 e. The number of pyridine rings is 1. The van der Waals surface area contributed by atoms with Gasteiger partial charge in [-0.2, -0.15) is 13.2 Å². The summed E-state index contributed by atoms with van der Waals surface area (Å²) in [6.45, 7) is 0. The number of hydrogen-bond donors (Lipinski definition) is 0. The predicted molar refractivity (Wildman–Crippen MR) is 148 cm³/mol. The lowest BCUT2D eigenvalue weighted by Gasteiger charge is -2.10. The van der Waals surface area contributed by atoms with E-state index in [1.54, 1.807) is 12.4 Å². The molecule has 0 N–H and O–H groups in total. The van der Waals surface area contributed by atoms with E-state index in [9.17, 15) is 13.2 Å². The van der Waals surface area contributed by atoms with Crippen molar-refractivity contribution in [1.29, 1.82) is 0 Å². The molecule has 0 radical (unpaired) electrons. The Balaban J connectivity index is 1.26. The lowest BCUT2D eigenvalue weighted by atomic mass is 9.95. The van der Waals surface area contributed by atoms with Gasteiger partial charge in [0.05, 0.1) is 5.56 Å². The largest absolute Gasteiger partial charge is 0.416 e. The number of benzene rings is 5. The third-order valence-electron chi connectivity index (χ3n) is 6.84. The van der Waals surface area contributed by atoms with E-state index in [4.69, 9.17) is 0 Å².